The third kappa shape index (κ3) is 4.25. The van der Waals surface area contributed by atoms with Crippen molar-refractivity contribution < 1.29 is 4.79 Å². The quantitative estimate of drug-likeness (QED) is 0.849. The topological polar surface area (TPSA) is 26.8 Å². The molecule has 4 nitrogen and oxygen atoms in total. The molecule has 126 valence electrons. The number of amides is 1. The largest absolute Gasteiger partial charge is 0.339 e. The van der Waals surface area contributed by atoms with Gasteiger partial charge in [0.1, 0.15) is 0 Å². The molecule has 1 amide bonds. The molecular weight excluding hydrogens is 310 g/mol. The Kier molecular flexibility index (Phi) is 5.57. The Hall–Kier alpha value is -1.10. The van der Waals surface area contributed by atoms with Crippen molar-refractivity contribution in [1.29, 1.82) is 0 Å². The maximum atomic E-state index is 12.7. The van der Waals surface area contributed by atoms with E-state index in [2.05, 4.69) is 33.9 Å². The van der Waals surface area contributed by atoms with Crippen LogP contribution in [0.1, 0.15) is 24.8 Å². The van der Waals surface area contributed by atoms with E-state index >= 15 is 0 Å². The Bertz CT molecular complexity index is 526. The van der Waals surface area contributed by atoms with Crippen molar-refractivity contribution >= 4 is 17.5 Å². The molecule has 0 aromatic heterocycles. The number of carbonyl (C=O) groups excluding carboxylic acids is 1. The summed E-state index contributed by atoms with van der Waals surface area (Å²) in [5, 5.41) is 0.778. The summed E-state index contributed by atoms with van der Waals surface area (Å²) in [4.78, 5) is 19.4. The first kappa shape index (κ1) is 16.7. The summed E-state index contributed by atoms with van der Waals surface area (Å²) in [6.07, 6.45) is 3.41. The van der Waals surface area contributed by atoms with Gasteiger partial charge >= 0.3 is 0 Å². The Morgan fingerprint density at radius 2 is 1.78 bits per heavy atom. The van der Waals surface area contributed by atoms with Gasteiger partial charge in [0.25, 0.3) is 0 Å². The Morgan fingerprint density at radius 3 is 2.43 bits per heavy atom. The van der Waals surface area contributed by atoms with Gasteiger partial charge in [-0.15, -0.1) is 0 Å². The minimum atomic E-state index is 0.103. The number of rotatable bonds is 3. The minimum absolute atomic E-state index is 0.103. The highest BCUT2D eigenvalue weighted by Crippen LogP contribution is 2.19. The summed E-state index contributed by atoms with van der Waals surface area (Å²) in [5.41, 5.74) is 1.28. The van der Waals surface area contributed by atoms with Crippen molar-refractivity contribution in [2.75, 3.05) is 39.8 Å². The molecule has 0 spiro atoms. The van der Waals surface area contributed by atoms with Crippen molar-refractivity contribution in [2.45, 2.75) is 31.8 Å². The lowest BCUT2D eigenvalue weighted by atomic mass is 10.0. The summed E-state index contributed by atoms with van der Waals surface area (Å²) in [6, 6.07) is 8.14. The highest BCUT2D eigenvalue weighted by atomic mass is 35.5. The maximum absolute atomic E-state index is 12.7. The van der Waals surface area contributed by atoms with Crippen LogP contribution in [0, 0.1) is 0 Å². The monoisotopic (exact) mass is 335 g/mol. The zero-order chi connectivity index (χ0) is 16.2. The predicted octanol–water partition coefficient (Wildman–Crippen LogP) is 2.47. The van der Waals surface area contributed by atoms with Crippen molar-refractivity contribution in [3.63, 3.8) is 0 Å². The second-order valence-corrected chi connectivity index (χ2v) is 7.16. The van der Waals surface area contributed by atoms with E-state index < -0.39 is 0 Å². The Balaban J connectivity index is 1.49. The fourth-order valence-corrected chi connectivity index (χ4v) is 3.70. The highest BCUT2D eigenvalue weighted by molar-refractivity contribution is 6.30. The van der Waals surface area contributed by atoms with E-state index in [0.717, 1.165) is 50.7 Å². The zero-order valence-electron chi connectivity index (χ0n) is 13.9. The molecule has 0 N–H and O–H groups in total. The molecule has 0 radical (unpaired) electrons. The lowest BCUT2D eigenvalue weighted by molar-refractivity contribution is -0.139. The van der Waals surface area contributed by atoms with Crippen molar-refractivity contribution in [3.05, 3.63) is 34.9 Å². The number of likely N-dealkylation sites (N-methyl/N-ethyl adjacent to an activating group) is 1. The van der Waals surface area contributed by atoms with E-state index in [1.54, 1.807) is 0 Å². The van der Waals surface area contributed by atoms with Gasteiger partial charge in [0, 0.05) is 37.7 Å². The van der Waals surface area contributed by atoms with Crippen LogP contribution in [0.25, 0.3) is 0 Å². The molecule has 0 bridgehead atoms. The Morgan fingerprint density at radius 1 is 1.09 bits per heavy atom. The first-order chi connectivity index (χ1) is 11.1. The van der Waals surface area contributed by atoms with Gasteiger partial charge in [0.15, 0.2) is 0 Å². The second kappa shape index (κ2) is 7.65. The number of nitrogens with zero attached hydrogens (tertiary/aromatic N) is 3. The zero-order valence-corrected chi connectivity index (χ0v) is 14.6. The number of piperazine rings is 1. The normalized spacial score (nSPS) is 23.9. The number of piperidine rings is 1. The van der Waals surface area contributed by atoms with E-state index in [0.29, 0.717) is 5.91 Å². The van der Waals surface area contributed by atoms with Gasteiger partial charge in [-0.05, 0) is 44.1 Å². The molecule has 0 aliphatic carbocycles. The van der Waals surface area contributed by atoms with Crippen molar-refractivity contribution in [2.24, 2.45) is 0 Å². The molecule has 2 aliphatic heterocycles. The molecular formula is C18H26ClN3O. The lowest BCUT2D eigenvalue weighted by Crippen LogP contribution is -2.55. The van der Waals surface area contributed by atoms with Gasteiger partial charge < -0.3 is 4.90 Å². The van der Waals surface area contributed by atoms with E-state index in [9.17, 15) is 4.79 Å². The predicted molar refractivity (Wildman–Crippen MR) is 93.6 cm³/mol. The van der Waals surface area contributed by atoms with E-state index in [1.807, 2.05) is 12.1 Å². The fraction of sp³-hybridized carbons (Fsp3) is 0.611. The van der Waals surface area contributed by atoms with Crippen molar-refractivity contribution in [1.82, 2.24) is 14.7 Å². The fourth-order valence-electron chi connectivity index (χ4n) is 3.57. The third-order valence-corrected chi connectivity index (χ3v) is 5.31. The molecule has 1 aromatic carbocycles. The lowest BCUT2D eigenvalue weighted by Gasteiger charge is -2.39. The number of likely N-dealkylation sites (tertiary alicyclic amines) is 1. The minimum Gasteiger partial charge on any atom is -0.339 e. The summed E-state index contributed by atoms with van der Waals surface area (Å²) in [7, 11) is 2.08. The van der Waals surface area contributed by atoms with Gasteiger partial charge in [-0.3, -0.25) is 14.6 Å². The molecule has 1 aromatic rings. The van der Waals surface area contributed by atoms with Crippen LogP contribution in [-0.2, 0) is 11.3 Å². The van der Waals surface area contributed by atoms with Crippen LogP contribution >= 0.6 is 11.6 Å². The molecule has 2 saturated heterocycles. The number of halogens is 1. The second-order valence-electron chi connectivity index (χ2n) is 6.72. The van der Waals surface area contributed by atoms with Gasteiger partial charge in [-0.25, -0.2) is 0 Å². The third-order valence-electron chi connectivity index (χ3n) is 5.06. The van der Waals surface area contributed by atoms with Crippen LogP contribution in [-0.4, -0.2) is 66.4 Å². The Labute approximate surface area is 144 Å². The van der Waals surface area contributed by atoms with E-state index in [4.69, 9.17) is 11.6 Å². The number of hydrogen-bond donors (Lipinski definition) is 0. The van der Waals surface area contributed by atoms with E-state index in [-0.39, 0.29) is 6.04 Å². The standard InChI is InChI=1S/C18H26ClN3O/c1-20-9-3-2-4-17(20)18(23)22-12-10-21(11-13-22)14-15-5-7-16(19)8-6-15/h5-8,17H,2-4,9-14H2,1H3. The average Bonchev–Trinajstić information content (AvgIpc) is 2.57. The molecule has 0 saturated carbocycles. The molecule has 3 rings (SSSR count). The van der Waals surface area contributed by atoms with Crippen LogP contribution in [0.4, 0.5) is 0 Å². The first-order valence-electron chi connectivity index (χ1n) is 8.59. The molecule has 2 fully saturated rings. The average molecular weight is 336 g/mol. The van der Waals surface area contributed by atoms with Crippen LogP contribution in [0.3, 0.4) is 0 Å². The number of hydrogen-bond acceptors (Lipinski definition) is 3. The summed E-state index contributed by atoms with van der Waals surface area (Å²) in [6.45, 7) is 5.57. The molecule has 23 heavy (non-hydrogen) atoms. The van der Waals surface area contributed by atoms with Crippen LogP contribution in [0.2, 0.25) is 5.02 Å². The van der Waals surface area contributed by atoms with Gasteiger partial charge in [-0.1, -0.05) is 30.2 Å². The van der Waals surface area contributed by atoms with Gasteiger partial charge in [0.2, 0.25) is 5.91 Å². The number of carbonyl (C=O) groups is 1. The van der Waals surface area contributed by atoms with Crippen LogP contribution in [0.5, 0.6) is 0 Å². The summed E-state index contributed by atoms with van der Waals surface area (Å²) >= 11 is 5.93. The van der Waals surface area contributed by atoms with Crippen molar-refractivity contribution in [3.8, 4) is 0 Å². The van der Waals surface area contributed by atoms with Crippen LogP contribution in [0.15, 0.2) is 24.3 Å². The number of benzene rings is 1. The molecule has 1 atom stereocenters. The molecule has 1 unspecified atom stereocenters. The maximum Gasteiger partial charge on any atom is 0.240 e. The SMILES string of the molecule is CN1CCCCC1C(=O)N1CCN(Cc2ccc(Cl)cc2)CC1. The molecule has 2 heterocycles. The van der Waals surface area contributed by atoms with E-state index in [1.165, 1.54) is 18.4 Å². The molecule has 5 heteroatoms. The smallest absolute Gasteiger partial charge is 0.240 e. The first-order valence-corrected chi connectivity index (χ1v) is 8.97. The van der Waals surface area contributed by atoms with Crippen LogP contribution < -0.4 is 0 Å². The highest BCUT2D eigenvalue weighted by Gasteiger charge is 2.31. The van der Waals surface area contributed by atoms with Gasteiger partial charge in [-0.2, -0.15) is 0 Å². The van der Waals surface area contributed by atoms with Gasteiger partial charge in [0.05, 0.1) is 6.04 Å². The summed E-state index contributed by atoms with van der Waals surface area (Å²) < 4.78 is 0. The molecule has 2 aliphatic rings. The summed E-state index contributed by atoms with van der Waals surface area (Å²) in [5.74, 6) is 0.332.